The zero-order valence-electron chi connectivity index (χ0n) is 13.4. The predicted octanol–water partition coefficient (Wildman–Crippen LogP) is 4.53. The molecule has 0 aromatic carbocycles. The fourth-order valence-corrected chi connectivity index (χ4v) is 2.34. The lowest BCUT2D eigenvalue weighted by Gasteiger charge is -2.37. The van der Waals surface area contributed by atoms with Gasteiger partial charge in [-0.2, -0.15) is 0 Å². The highest BCUT2D eigenvalue weighted by Crippen LogP contribution is 2.11. The molecule has 2 nitrogen and oxygen atoms in total. The minimum Gasteiger partial charge on any atom is -0.331 e. The van der Waals surface area contributed by atoms with E-state index in [2.05, 4.69) is 41.9 Å². The third-order valence-electron chi connectivity index (χ3n) is 3.79. The predicted molar refractivity (Wildman–Crippen MR) is 101 cm³/mol. The van der Waals surface area contributed by atoms with E-state index in [4.69, 9.17) is 0 Å². The van der Waals surface area contributed by atoms with Crippen molar-refractivity contribution in [1.82, 2.24) is 0 Å². The highest BCUT2D eigenvalue weighted by Gasteiger charge is 2.23. The highest BCUT2D eigenvalue weighted by atomic mass is 79.9. The lowest BCUT2D eigenvalue weighted by Crippen LogP contribution is -2.50. The number of halogens is 2. The monoisotopic (exact) mass is 406 g/mol. The second-order valence-electron chi connectivity index (χ2n) is 6.14. The molecule has 0 aliphatic heterocycles. The van der Waals surface area contributed by atoms with Gasteiger partial charge >= 0.3 is 0 Å². The van der Waals surface area contributed by atoms with E-state index >= 15 is 0 Å². The summed E-state index contributed by atoms with van der Waals surface area (Å²) in [5.74, 6) is 0. The van der Waals surface area contributed by atoms with Crippen molar-refractivity contribution in [3.05, 3.63) is 0 Å². The molecule has 0 aromatic heterocycles. The van der Waals surface area contributed by atoms with Gasteiger partial charge in [-0.15, -0.1) is 34.0 Å². The molecule has 0 spiro atoms. The Bertz CT molecular complexity index is 175. The summed E-state index contributed by atoms with van der Waals surface area (Å²) in [6.45, 7) is 13.6. The third kappa shape index (κ3) is 13.6. The van der Waals surface area contributed by atoms with E-state index in [1.807, 2.05) is 0 Å². The van der Waals surface area contributed by atoms with Crippen LogP contribution in [-0.4, -0.2) is 62.8 Å². The Hall–Kier alpha value is 0.880. The van der Waals surface area contributed by atoms with Crippen molar-refractivity contribution in [2.45, 2.75) is 47.5 Å². The van der Waals surface area contributed by atoms with Crippen LogP contribution in [0.25, 0.3) is 0 Å². The van der Waals surface area contributed by atoms with Gasteiger partial charge in [0, 0.05) is 6.42 Å². The normalized spacial score (nSPS) is 11.1. The SMILES string of the molecule is Br.Br.C.CCCC[N+](CC)(CC)CCC[N+](C)(C)C. The molecule has 0 bridgehead atoms. The van der Waals surface area contributed by atoms with Crippen molar-refractivity contribution >= 4 is 34.0 Å². The molecule has 0 saturated carbocycles. The minimum absolute atomic E-state index is 0. The number of hydrogen-bond donors (Lipinski definition) is 0. The second kappa shape index (κ2) is 13.8. The largest absolute Gasteiger partial charge is 0.331 e. The molecule has 122 valence electrons. The van der Waals surface area contributed by atoms with Crippen LogP contribution in [0, 0.1) is 0 Å². The van der Waals surface area contributed by atoms with Gasteiger partial charge < -0.3 is 8.97 Å². The van der Waals surface area contributed by atoms with E-state index in [9.17, 15) is 0 Å². The van der Waals surface area contributed by atoms with E-state index in [1.165, 1.54) is 56.5 Å². The lowest BCUT2D eigenvalue weighted by molar-refractivity contribution is -0.930. The van der Waals surface area contributed by atoms with Gasteiger partial charge in [0.25, 0.3) is 0 Å². The summed E-state index contributed by atoms with van der Waals surface area (Å²) in [6, 6.07) is 0. The zero-order valence-corrected chi connectivity index (χ0v) is 16.8. The van der Waals surface area contributed by atoms with Gasteiger partial charge in [0.1, 0.15) is 0 Å². The Morgan fingerprint density at radius 1 is 0.684 bits per heavy atom. The summed E-state index contributed by atoms with van der Waals surface area (Å²) < 4.78 is 2.43. The van der Waals surface area contributed by atoms with Crippen LogP contribution in [0.1, 0.15) is 47.5 Å². The average Bonchev–Trinajstić information content (AvgIpc) is 2.22. The van der Waals surface area contributed by atoms with Crippen molar-refractivity contribution in [2.75, 3.05) is 53.9 Å². The molecule has 0 radical (unpaired) electrons. The fraction of sp³-hybridized carbons (Fsp3) is 1.00. The van der Waals surface area contributed by atoms with Crippen LogP contribution in [-0.2, 0) is 0 Å². The zero-order chi connectivity index (χ0) is 12.7. The fourth-order valence-electron chi connectivity index (χ4n) is 2.34. The first-order chi connectivity index (χ1) is 7.39. The van der Waals surface area contributed by atoms with E-state index in [0.29, 0.717) is 0 Å². The van der Waals surface area contributed by atoms with Gasteiger partial charge in [0.15, 0.2) is 0 Å². The van der Waals surface area contributed by atoms with Crippen LogP contribution in [0.4, 0.5) is 0 Å². The molecule has 0 atom stereocenters. The van der Waals surface area contributed by atoms with Crippen molar-refractivity contribution in [3.63, 3.8) is 0 Å². The van der Waals surface area contributed by atoms with E-state index in [-0.39, 0.29) is 41.4 Å². The first-order valence-corrected chi connectivity index (χ1v) is 7.04. The van der Waals surface area contributed by atoms with Crippen LogP contribution >= 0.6 is 34.0 Å². The Balaban J connectivity index is -0.000000375. The number of unbranched alkanes of at least 4 members (excludes halogenated alkanes) is 1. The molecule has 0 fully saturated rings. The van der Waals surface area contributed by atoms with Crippen molar-refractivity contribution in [1.29, 1.82) is 0 Å². The standard InChI is InChI=1S/C14H34N2.CH4.2BrH/c1-7-10-13-16(8-2,9-3)14-11-12-15(4,5)6;;;/h7-14H2,1-6H3;1H4;2*1H/q+2;;;. The number of rotatable bonds is 9. The molecule has 4 heteroatoms. The van der Waals surface area contributed by atoms with Gasteiger partial charge in [-0.1, -0.05) is 20.8 Å². The quantitative estimate of drug-likeness (QED) is 0.492. The van der Waals surface area contributed by atoms with Gasteiger partial charge in [-0.05, 0) is 20.3 Å². The van der Waals surface area contributed by atoms with Crippen LogP contribution in [0.3, 0.4) is 0 Å². The van der Waals surface area contributed by atoms with Crippen LogP contribution in [0.2, 0.25) is 0 Å². The van der Waals surface area contributed by atoms with Crippen LogP contribution in [0.15, 0.2) is 0 Å². The smallest absolute Gasteiger partial charge is 0.0840 e. The Labute approximate surface area is 144 Å². The maximum absolute atomic E-state index is 2.35. The van der Waals surface area contributed by atoms with Gasteiger partial charge in [-0.3, -0.25) is 0 Å². The minimum atomic E-state index is 0. The van der Waals surface area contributed by atoms with Gasteiger partial charge in [0.2, 0.25) is 0 Å². The van der Waals surface area contributed by atoms with Gasteiger partial charge in [-0.25, -0.2) is 0 Å². The maximum Gasteiger partial charge on any atom is 0.0840 e. The first-order valence-electron chi connectivity index (χ1n) is 7.04. The number of nitrogens with zero attached hydrogens (tertiary/aromatic N) is 2. The molecule has 0 saturated heterocycles. The molecule has 0 amide bonds. The summed E-state index contributed by atoms with van der Waals surface area (Å²) in [6.07, 6.45) is 4.07. The topological polar surface area (TPSA) is 0 Å². The van der Waals surface area contributed by atoms with Crippen molar-refractivity contribution in [3.8, 4) is 0 Å². The molecule has 19 heavy (non-hydrogen) atoms. The lowest BCUT2D eigenvalue weighted by atomic mass is 10.2. The molecule has 0 aliphatic carbocycles. The van der Waals surface area contributed by atoms with E-state index < -0.39 is 0 Å². The summed E-state index contributed by atoms with van der Waals surface area (Å²) in [4.78, 5) is 0. The number of quaternary nitrogens is 2. The molecule has 0 N–H and O–H groups in total. The van der Waals surface area contributed by atoms with Crippen molar-refractivity contribution < 1.29 is 8.97 Å². The first kappa shape index (κ1) is 28.1. The molecular weight excluding hydrogens is 368 g/mol. The van der Waals surface area contributed by atoms with Crippen molar-refractivity contribution in [2.24, 2.45) is 0 Å². The molecule has 0 heterocycles. The summed E-state index contributed by atoms with van der Waals surface area (Å²) >= 11 is 0. The van der Waals surface area contributed by atoms with Crippen LogP contribution < -0.4 is 0 Å². The van der Waals surface area contributed by atoms with E-state index in [0.717, 1.165) is 4.48 Å². The maximum atomic E-state index is 2.35. The highest BCUT2D eigenvalue weighted by molar-refractivity contribution is 8.93. The molecule has 0 unspecified atom stereocenters. The summed E-state index contributed by atoms with van der Waals surface area (Å²) in [7, 11) is 6.87. The van der Waals surface area contributed by atoms with Gasteiger partial charge in [0.05, 0.1) is 53.9 Å². The molecule has 0 aliphatic rings. The summed E-state index contributed by atoms with van der Waals surface area (Å²) in [5, 5.41) is 0. The third-order valence-corrected chi connectivity index (χ3v) is 3.79. The Morgan fingerprint density at radius 2 is 1.11 bits per heavy atom. The summed E-state index contributed by atoms with van der Waals surface area (Å²) in [5.41, 5.74) is 0. The average molecular weight is 408 g/mol. The Kier molecular flexibility index (Phi) is 20.5. The molecule has 0 aromatic rings. The number of hydrogen-bond acceptors (Lipinski definition) is 0. The van der Waals surface area contributed by atoms with E-state index in [1.54, 1.807) is 0 Å². The van der Waals surface area contributed by atoms with Crippen LogP contribution in [0.5, 0.6) is 0 Å². The Morgan fingerprint density at radius 3 is 1.42 bits per heavy atom. The second-order valence-corrected chi connectivity index (χ2v) is 6.14. The molecule has 0 rings (SSSR count). The molecular formula is C15H40Br2N2+2.